The Kier molecular flexibility index (Phi) is 19.6. The van der Waals surface area contributed by atoms with Gasteiger partial charge in [-0.1, -0.05) is 78.5 Å². The number of hydrogen-bond acceptors (Lipinski definition) is 9. The zero-order chi connectivity index (χ0) is 47.5. The molecule has 0 amide bonds. The van der Waals surface area contributed by atoms with Gasteiger partial charge in [0.2, 0.25) is 0 Å². The minimum atomic E-state index is -0.472. The van der Waals surface area contributed by atoms with Crippen LogP contribution in [0.15, 0.2) is 236 Å². The Morgan fingerprint density at radius 1 is 0.514 bits per heavy atom. The van der Waals surface area contributed by atoms with E-state index >= 15 is 0 Å². The van der Waals surface area contributed by atoms with Crippen LogP contribution in [0.4, 0.5) is 34.1 Å². The van der Waals surface area contributed by atoms with Gasteiger partial charge < -0.3 is 9.80 Å². The average molecular weight is 1350 g/mol. The van der Waals surface area contributed by atoms with Crippen molar-refractivity contribution in [3.8, 4) is 38.6 Å². The maximum absolute atomic E-state index is 8.29. The molecule has 4 heterocycles. The molecule has 0 atom stereocenters. The van der Waals surface area contributed by atoms with E-state index in [-0.39, 0.29) is 21.1 Å². The molecule has 0 aliphatic carbocycles. The van der Waals surface area contributed by atoms with Crippen molar-refractivity contribution >= 4 is 75.6 Å². The Bertz CT molecular complexity index is 2900. The number of anilines is 6. The normalized spacial score (nSPS) is 10.1. The van der Waals surface area contributed by atoms with E-state index in [0.717, 1.165) is 66.6 Å². The molecule has 11 rings (SSSR count). The molecule has 70 heavy (non-hydrogen) atoms. The molecule has 0 fully saturated rings. The number of benzene rings is 7. The Morgan fingerprint density at radius 2 is 1.04 bits per heavy atom. The summed E-state index contributed by atoms with van der Waals surface area (Å²) in [6.45, 7) is 0. The first-order chi connectivity index (χ1) is 34.1. The van der Waals surface area contributed by atoms with Crippen LogP contribution >= 0.6 is 41.5 Å². The number of aromatic nitrogens is 6. The third-order valence-electron chi connectivity index (χ3n) is 10.0. The molecule has 350 valence electrons. The molecule has 4 aromatic heterocycles. The van der Waals surface area contributed by atoms with Crippen molar-refractivity contribution in [2.24, 2.45) is 0 Å². The number of para-hydroxylation sites is 2. The van der Waals surface area contributed by atoms with Crippen LogP contribution in [-0.4, -0.2) is 29.5 Å². The van der Waals surface area contributed by atoms with Gasteiger partial charge in [-0.05, 0) is 90.2 Å². The SMILES string of the molecule is N#Cc1ccccc1.[Cl][Pt][Cl].[Pt+2].[c-]1c(-c2nccs2)cccc1N(c1[c-]c(-n2cccn2)ccc1)c1ccccc1.c1ccc(N(c2cccc(-c3nccs3)c2)c2cccc(-n3cccn3)c2)cc1. The number of hydrogen-bond donors (Lipinski definition) is 0. The average Bonchev–Trinajstić information content (AvgIpc) is 4.29. The Labute approximate surface area is 446 Å². The molecule has 0 aliphatic rings. The molecule has 0 radical (unpaired) electrons. The van der Waals surface area contributed by atoms with Crippen LogP contribution < -0.4 is 9.80 Å². The topological polar surface area (TPSA) is 91.7 Å². The van der Waals surface area contributed by atoms with Crippen LogP contribution in [0.5, 0.6) is 0 Å². The second kappa shape index (κ2) is 26.9. The predicted molar refractivity (Wildman–Crippen MR) is 279 cm³/mol. The Hall–Kier alpha value is -6.73. The van der Waals surface area contributed by atoms with Crippen LogP contribution in [0.1, 0.15) is 5.56 Å². The Balaban J connectivity index is 0.000000168. The summed E-state index contributed by atoms with van der Waals surface area (Å²) in [7, 11) is 9.75. The van der Waals surface area contributed by atoms with Gasteiger partial charge in [-0.3, -0.25) is 9.67 Å². The van der Waals surface area contributed by atoms with Crippen LogP contribution in [0, 0.1) is 23.5 Å². The van der Waals surface area contributed by atoms with E-state index in [4.69, 9.17) is 24.1 Å². The zero-order valence-corrected chi connectivity index (χ0v) is 44.4. The van der Waals surface area contributed by atoms with Gasteiger partial charge in [0.25, 0.3) is 0 Å². The van der Waals surface area contributed by atoms with Gasteiger partial charge in [-0.2, -0.15) is 32.9 Å². The van der Waals surface area contributed by atoms with E-state index in [1.807, 2.05) is 136 Å². The predicted octanol–water partition coefficient (Wildman–Crippen LogP) is 15.5. The molecular weight excluding hydrogens is 1310 g/mol. The third-order valence-corrected chi connectivity index (χ3v) is 11.6. The van der Waals surface area contributed by atoms with Crippen molar-refractivity contribution in [2.45, 2.75) is 0 Å². The molecule has 0 saturated heterocycles. The van der Waals surface area contributed by atoms with E-state index in [9.17, 15) is 0 Å². The molecule has 0 bridgehead atoms. The van der Waals surface area contributed by atoms with E-state index in [1.54, 1.807) is 47.2 Å². The van der Waals surface area contributed by atoms with Crippen LogP contribution in [0.25, 0.3) is 32.5 Å². The molecule has 0 N–H and O–H groups in total. The molecule has 7 aromatic carbocycles. The van der Waals surface area contributed by atoms with Gasteiger partial charge >= 0.3 is 56.4 Å². The van der Waals surface area contributed by atoms with Gasteiger partial charge in [0.1, 0.15) is 5.01 Å². The molecule has 9 nitrogen and oxygen atoms in total. The maximum Gasteiger partial charge on any atom is 2.00 e. The van der Waals surface area contributed by atoms with Crippen molar-refractivity contribution in [3.05, 3.63) is 254 Å². The second-order valence-corrected chi connectivity index (χ2v) is 19.5. The quantitative estimate of drug-likeness (QED) is 0.126. The number of thiazole rings is 2. The fourth-order valence-electron chi connectivity index (χ4n) is 7.05. The van der Waals surface area contributed by atoms with E-state index in [2.05, 4.69) is 133 Å². The third kappa shape index (κ3) is 13.7. The van der Waals surface area contributed by atoms with Crippen molar-refractivity contribution in [3.63, 3.8) is 0 Å². The summed E-state index contributed by atoms with van der Waals surface area (Å²) in [6.07, 6.45) is 11.1. The molecular formula is C55H39Cl2N9Pt2S2. The van der Waals surface area contributed by atoms with Crippen molar-refractivity contribution in [2.75, 3.05) is 9.80 Å². The molecule has 0 aliphatic heterocycles. The van der Waals surface area contributed by atoms with Crippen molar-refractivity contribution in [1.29, 1.82) is 5.26 Å². The van der Waals surface area contributed by atoms with Crippen molar-refractivity contribution in [1.82, 2.24) is 29.5 Å². The van der Waals surface area contributed by atoms with E-state index in [0.29, 0.717) is 5.56 Å². The number of nitrogens with zero attached hydrogens (tertiary/aromatic N) is 9. The molecule has 0 spiro atoms. The number of nitriles is 1. The zero-order valence-electron chi connectivity index (χ0n) is 36.7. The summed E-state index contributed by atoms with van der Waals surface area (Å²) in [5, 5.41) is 22.9. The summed E-state index contributed by atoms with van der Waals surface area (Å²) in [6, 6.07) is 71.7. The van der Waals surface area contributed by atoms with Crippen molar-refractivity contribution < 1.29 is 37.5 Å². The number of rotatable bonds is 10. The molecule has 11 aromatic rings. The second-order valence-electron chi connectivity index (χ2n) is 14.4. The number of halogens is 2. The van der Waals surface area contributed by atoms with Gasteiger partial charge in [-0.25, -0.2) is 9.67 Å². The van der Waals surface area contributed by atoms with Crippen LogP contribution in [-0.2, 0) is 37.5 Å². The van der Waals surface area contributed by atoms with Crippen LogP contribution in [0.3, 0.4) is 0 Å². The fraction of sp³-hybridized carbons (Fsp3) is 0. The summed E-state index contributed by atoms with van der Waals surface area (Å²) in [5.41, 5.74) is 10.8. The first-order valence-electron chi connectivity index (χ1n) is 21.1. The minimum Gasteiger partial charge on any atom is -0.352 e. The summed E-state index contributed by atoms with van der Waals surface area (Å²) in [5.74, 6) is 0. The van der Waals surface area contributed by atoms with Crippen LogP contribution in [0.2, 0.25) is 0 Å². The fourth-order valence-corrected chi connectivity index (χ4v) is 8.30. The Morgan fingerprint density at radius 3 is 1.63 bits per heavy atom. The summed E-state index contributed by atoms with van der Waals surface area (Å²) < 4.78 is 3.68. The van der Waals surface area contributed by atoms with E-state index < -0.39 is 16.5 Å². The monoisotopic (exact) mass is 1350 g/mol. The molecule has 0 saturated carbocycles. The maximum atomic E-state index is 8.29. The first-order valence-corrected chi connectivity index (χ1v) is 28.5. The standard InChI is InChI=1S/C24H18N4S.C24H16N4S.C7H5N.2ClH.2Pt/c2*1-2-8-20(9-3-1)28(22-11-4-7-19(17-22)24-25-14-16-29-24)23-12-5-10-21(18-23)27-15-6-13-26-27;8-6-7-4-2-1-3-5-7;;;;/h1-18H;1-16H;1-5H;2*1H;;/q;-2;;;;2*+2/p-2. The van der Waals surface area contributed by atoms with Gasteiger partial charge in [0.05, 0.1) is 17.3 Å². The summed E-state index contributed by atoms with van der Waals surface area (Å²) in [4.78, 5) is 13.3. The first kappa shape index (κ1) is 51.1. The summed E-state index contributed by atoms with van der Waals surface area (Å²) >= 11 is 2.78. The van der Waals surface area contributed by atoms with Gasteiger partial charge in [0, 0.05) is 81.3 Å². The smallest absolute Gasteiger partial charge is 0.352 e. The van der Waals surface area contributed by atoms with Gasteiger partial charge in [-0.15, -0.1) is 59.4 Å². The largest absolute Gasteiger partial charge is 2.00 e. The minimum absolute atomic E-state index is 0. The van der Waals surface area contributed by atoms with Gasteiger partial charge in [0.15, 0.2) is 0 Å². The molecule has 15 heteroatoms. The van der Waals surface area contributed by atoms with E-state index in [1.165, 1.54) is 0 Å². The molecule has 0 unspecified atom stereocenters.